The zero-order valence-electron chi connectivity index (χ0n) is 21.7. The lowest BCUT2D eigenvalue weighted by Crippen LogP contribution is -2.38. The molecule has 0 aromatic rings. The lowest BCUT2D eigenvalue weighted by Gasteiger charge is -2.24. The molecular formula is C27H52O4. The molecule has 0 aromatic carbocycles. The van der Waals surface area contributed by atoms with Crippen molar-refractivity contribution in [1.82, 2.24) is 0 Å². The van der Waals surface area contributed by atoms with Gasteiger partial charge in [-0.2, -0.15) is 0 Å². The molecule has 0 fully saturated rings. The molecule has 4 nitrogen and oxygen atoms in total. The van der Waals surface area contributed by atoms with E-state index in [4.69, 9.17) is 9.47 Å². The zero-order chi connectivity index (χ0) is 23.6. The van der Waals surface area contributed by atoms with Gasteiger partial charge < -0.3 is 9.47 Å². The molecule has 0 unspecified atom stereocenters. The van der Waals surface area contributed by atoms with Crippen molar-refractivity contribution in [2.24, 2.45) is 10.8 Å². The van der Waals surface area contributed by atoms with Crippen LogP contribution in [0.25, 0.3) is 0 Å². The maximum atomic E-state index is 12.3. The van der Waals surface area contributed by atoms with Crippen molar-refractivity contribution in [2.75, 3.05) is 13.2 Å². The lowest BCUT2D eigenvalue weighted by molar-refractivity contribution is -0.171. The number of carbonyl (C=O) groups is 2. The predicted octanol–water partition coefficient (Wildman–Crippen LogP) is 8.02. The van der Waals surface area contributed by atoms with E-state index >= 15 is 0 Å². The minimum Gasteiger partial charge on any atom is -0.465 e. The molecule has 0 spiro atoms. The van der Waals surface area contributed by atoms with Crippen LogP contribution < -0.4 is 0 Å². The number of esters is 2. The van der Waals surface area contributed by atoms with Crippen molar-refractivity contribution in [2.45, 2.75) is 138 Å². The van der Waals surface area contributed by atoms with Crippen LogP contribution in [0.5, 0.6) is 0 Å². The maximum Gasteiger partial charge on any atom is 0.322 e. The Morgan fingerprint density at radius 2 is 0.903 bits per heavy atom. The quantitative estimate of drug-likeness (QED) is 0.116. The van der Waals surface area contributed by atoms with E-state index < -0.39 is 17.4 Å². The highest BCUT2D eigenvalue weighted by Crippen LogP contribution is 2.22. The Balaban J connectivity index is 3.57. The van der Waals surface area contributed by atoms with Crippen LogP contribution >= 0.6 is 0 Å². The van der Waals surface area contributed by atoms with Gasteiger partial charge in [0.05, 0.1) is 13.2 Å². The second-order valence-corrected chi connectivity index (χ2v) is 10.8. The highest BCUT2D eigenvalue weighted by atomic mass is 16.6. The van der Waals surface area contributed by atoms with Crippen molar-refractivity contribution in [3.05, 3.63) is 0 Å². The average molecular weight is 441 g/mol. The Bertz CT molecular complexity index is 462. The Kier molecular flexibility index (Phi) is 16.9. The van der Waals surface area contributed by atoms with Crippen LogP contribution in [-0.2, 0) is 19.1 Å². The van der Waals surface area contributed by atoms with Crippen LogP contribution in [-0.4, -0.2) is 25.2 Å². The number of carbonyl (C=O) groups excluding carboxylic acids is 2. The zero-order valence-corrected chi connectivity index (χ0v) is 21.7. The van der Waals surface area contributed by atoms with Crippen LogP contribution in [0, 0.1) is 10.8 Å². The first-order valence-electron chi connectivity index (χ1n) is 13.0. The van der Waals surface area contributed by atoms with Gasteiger partial charge in [-0.1, -0.05) is 118 Å². The molecule has 0 atom stereocenters. The van der Waals surface area contributed by atoms with Gasteiger partial charge in [-0.3, -0.25) is 9.59 Å². The van der Waals surface area contributed by atoms with Crippen LogP contribution in [0.3, 0.4) is 0 Å². The molecule has 0 saturated heterocycles. The minimum atomic E-state index is -1.25. The summed E-state index contributed by atoms with van der Waals surface area (Å²) in [4.78, 5) is 24.5. The van der Waals surface area contributed by atoms with Gasteiger partial charge in [0, 0.05) is 0 Å². The molecule has 184 valence electrons. The summed E-state index contributed by atoms with van der Waals surface area (Å²) in [5, 5.41) is 0. The smallest absolute Gasteiger partial charge is 0.322 e. The Morgan fingerprint density at radius 1 is 0.548 bits per heavy atom. The third-order valence-corrected chi connectivity index (χ3v) is 5.64. The minimum absolute atomic E-state index is 0.121. The first kappa shape index (κ1) is 29.9. The number of rotatable bonds is 19. The summed E-state index contributed by atoms with van der Waals surface area (Å²) < 4.78 is 10.6. The van der Waals surface area contributed by atoms with E-state index in [-0.39, 0.29) is 5.41 Å². The third-order valence-electron chi connectivity index (χ3n) is 5.64. The first-order chi connectivity index (χ1) is 14.6. The molecule has 0 bridgehead atoms. The summed E-state index contributed by atoms with van der Waals surface area (Å²) in [6, 6.07) is 0. The third kappa shape index (κ3) is 17.2. The molecule has 0 N–H and O–H groups in total. The van der Waals surface area contributed by atoms with Crippen LogP contribution in [0.4, 0.5) is 0 Å². The van der Waals surface area contributed by atoms with Gasteiger partial charge in [0.2, 0.25) is 0 Å². The monoisotopic (exact) mass is 440 g/mol. The molecule has 31 heavy (non-hydrogen) atoms. The average Bonchev–Trinajstić information content (AvgIpc) is 2.70. The standard InChI is InChI=1S/C27H52O4/c1-7-8-9-10-11-12-13-14-15-16-17-18-19-20-21-22-30-24(28)27(5,6)25(29)31-23-26(2,3)4/h7-23H2,1-6H3. The number of hydrogen-bond donors (Lipinski definition) is 0. The van der Waals surface area contributed by atoms with Gasteiger partial charge >= 0.3 is 11.9 Å². The number of ether oxygens (including phenoxy) is 2. The fourth-order valence-corrected chi connectivity index (χ4v) is 3.36. The molecule has 0 rings (SSSR count). The van der Waals surface area contributed by atoms with Gasteiger partial charge in [-0.05, 0) is 25.7 Å². The summed E-state index contributed by atoms with van der Waals surface area (Å²) in [5.41, 5.74) is -1.37. The highest BCUT2D eigenvalue weighted by molar-refractivity contribution is 5.99. The molecule has 0 radical (unpaired) electrons. The Hall–Kier alpha value is -1.06. The fourth-order valence-electron chi connectivity index (χ4n) is 3.36. The van der Waals surface area contributed by atoms with Crippen LogP contribution in [0.2, 0.25) is 0 Å². The maximum absolute atomic E-state index is 12.3. The van der Waals surface area contributed by atoms with Gasteiger partial charge in [0.1, 0.15) is 0 Å². The molecule has 0 aliphatic carbocycles. The van der Waals surface area contributed by atoms with Gasteiger partial charge in [-0.25, -0.2) is 0 Å². The topological polar surface area (TPSA) is 52.6 Å². The summed E-state index contributed by atoms with van der Waals surface area (Å²) in [5.74, 6) is -0.999. The summed E-state index contributed by atoms with van der Waals surface area (Å²) in [6.45, 7) is 12.1. The molecular weight excluding hydrogens is 388 g/mol. The summed E-state index contributed by atoms with van der Waals surface area (Å²) >= 11 is 0. The number of unbranched alkanes of at least 4 members (excludes halogenated alkanes) is 14. The van der Waals surface area contributed by atoms with Gasteiger partial charge in [0.25, 0.3) is 0 Å². The normalized spacial score (nSPS) is 12.1. The lowest BCUT2D eigenvalue weighted by atomic mass is 9.93. The SMILES string of the molecule is CCCCCCCCCCCCCCCCCOC(=O)C(C)(C)C(=O)OCC(C)(C)C. The van der Waals surface area contributed by atoms with Crippen molar-refractivity contribution in [3.63, 3.8) is 0 Å². The van der Waals surface area contributed by atoms with Crippen LogP contribution in [0.15, 0.2) is 0 Å². The second kappa shape index (κ2) is 17.5. The van der Waals surface area contributed by atoms with Gasteiger partial charge in [0.15, 0.2) is 5.41 Å². The first-order valence-corrected chi connectivity index (χ1v) is 13.0. The van der Waals surface area contributed by atoms with E-state index in [1.807, 2.05) is 20.8 Å². The van der Waals surface area contributed by atoms with Crippen LogP contribution in [0.1, 0.15) is 138 Å². The second-order valence-electron chi connectivity index (χ2n) is 10.8. The molecule has 4 heteroatoms. The highest BCUT2D eigenvalue weighted by Gasteiger charge is 2.39. The van der Waals surface area contributed by atoms with E-state index in [2.05, 4.69) is 6.92 Å². The Labute approximate surface area is 193 Å². The molecule has 0 aliphatic heterocycles. The van der Waals surface area contributed by atoms with E-state index in [1.54, 1.807) is 13.8 Å². The van der Waals surface area contributed by atoms with Crippen molar-refractivity contribution in [3.8, 4) is 0 Å². The molecule has 0 heterocycles. The Morgan fingerprint density at radius 3 is 1.29 bits per heavy atom. The fraction of sp³-hybridized carbons (Fsp3) is 0.926. The predicted molar refractivity (Wildman–Crippen MR) is 130 cm³/mol. The van der Waals surface area contributed by atoms with E-state index in [9.17, 15) is 9.59 Å². The summed E-state index contributed by atoms with van der Waals surface area (Å²) in [6.07, 6.45) is 19.6. The van der Waals surface area contributed by atoms with Crippen molar-refractivity contribution < 1.29 is 19.1 Å². The number of hydrogen-bond acceptors (Lipinski definition) is 4. The van der Waals surface area contributed by atoms with E-state index in [0.29, 0.717) is 13.2 Å². The largest absolute Gasteiger partial charge is 0.465 e. The van der Waals surface area contributed by atoms with Crippen molar-refractivity contribution >= 4 is 11.9 Å². The van der Waals surface area contributed by atoms with Crippen molar-refractivity contribution in [1.29, 1.82) is 0 Å². The summed E-state index contributed by atoms with van der Waals surface area (Å²) in [7, 11) is 0. The molecule has 0 aromatic heterocycles. The van der Waals surface area contributed by atoms with E-state index in [1.165, 1.54) is 83.5 Å². The van der Waals surface area contributed by atoms with E-state index in [0.717, 1.165) is 12.8 Å². The molecule has 0 saturated carbocycles. The van der Waals surface area contributed by atoms with Gasteiger partial charge in [-0.15, -0.1) is 0 Å². The molecule has 0 aliphatic rings. The molecule has 0 amide bonds.